The number of ether oxygens (including phenoxy) is 1. The summed E-state index contributed by atoms with van der Waals surface area (Å²) in [5, 5.41) is 11.5. The van der Waals surface area contributed by atoms with Crippen LogP contribution in [0.2, 0.25) is 0 Å². The number of halogens is 1. The Bertz CT molecular complexity index is 517. The van der Waals surface area contributed by atoms with E-state index in [1.807, 2.05) is 12.1 Å². The van der Waals surface area contributed by atoms with Crippen molar-refractivity contribution in [1.82, 2.24) is 5.32 Å². The Labute approximate surface area is 129 Å². The van der Waals surface area contributed by atoms with Crippen LogP contribution in [0.15, 0.2) is 24.3 Å². The first kappa shape index (κ1) is 16.4. The molecular formula is C13H14INO5. The minimum absolute atomic E-state index is 0.167. The fourth-order valence-electron chi connectivity index (χ4n) is 1.49. The largest absolute Gasteiger partial charge is 0.480 e. The molecule has 0 fully saturated rings. The minimum Gasteiger partial charge on any atom is -0.480 e. The molecule has 0 bridgehead atoms. The predicted octanol–water partition coefficient (Wildman–Crippen LogP) is 0.966. The highest BCUT2D eigenvalue weighted by atomic mass is 127. The molecule has 0 aromatic heterocycles. The zero-order valence-corrected chi connectivity index (χ0v) is 12.9. The topological polar surface area (TPSA) is 92.7 Å². The number of hydrogen-bond acceptors (Lipinski definition) is 4. The van der Waals surface area contributed by atoms with Crippen molar-refractivity contribution in [3.05, 3.63) is 33.4 Å². The lowest BCUT2D eigenvalue weighted by Crippen LogP contribution is -2.44. The molecule has 0 aliphatic heterocycles. The van der Waals surface area contributed by atoms with Crippen molar-refractivity contribution >= 4 is 40.4 Å². The normalized spacial score (nSPS) is 11.5. The number of carboxylic acid groups (broad SMARTS) is 1. The van der Waals surface area contributed by atoms with Crippen LogP contribution in [-0.4, -0.2) is 35.6 Å². The average molecular weight is 391 g/mol. The molecular weight excluding hydrogens is 377 g/mol. The number of aliphatic carboxylic acids is 1. The Morgan fingerprint density at radius 1 is 1.35 bits per heavy atom. The molecule has 6 nitrogen and oxygen atoms in total. The molecule has 0 unspecified atom stereocenters. The van der Waals surface area contributed by atoms with Crippen LogP contribution in [0.3, 0.4) is 0 Å². The third kappa shape index (κ3) is 5.55. The fourth-order valence-corrected chi connectivity index (χ4v) is 2.09. The Kier molecular flexibility index (Phi) is 6.43. The molecule has 2 N–H and O–H groups in total. The predicted molar refractivity (Wildman–Crippen MR) is 79.1 cm³/mol. The summed E-state index contributed by atoms with van der Waals surface area (Å²) < 4.78 is 5.43. The first-order valence-electron chi connectivity index (χ1n) is 5.79. The molecule has 0 saturated carbocycles. The summed E-state index contributed by atoms with van der Waals surface area (Å²) in [6, 6.07) is 6.25. The van der Waals surface area contributed by atoms with Gasteiger partial charge in [-0.2, -0.15) is 0 Å². The van der Waals surface area contributed by atoms with E-state index in [-0.39, 0.29) is 6.42 Å². The van der Waals surface area contributed by atoms with Gasteiger partial charge in [0, 0.05) is 16.9 Å². The van der Waals surface area contributed by atoms with Crippen molar-refractivity contribution in [1.29, 1.82) is 0 Å². The molecule has 0 aliphatic carbocycles. The van der Waals surface area contributed by atoms with Crippen LogP contribution < -0.4 is 5.32 Å². The lowest BCUT2D eigenvalue weighted by Gasteiger charge is -2.15. The van der Waals surface area contributed by atoms with E-state index in [9.17, 15) is 14.4 Å². The van der Waals surface area contributed by atoms with Crippen LogP contribution in [0, 0.1) is 3.57 Å². The van der Waals surface area contributed by atoms with Gasteiger partial charge in [0.2, 0.25) is 0 Å². The van der Waals surface area contributed by atoms with Gasteiger partial charge >= 0.3 is 11.9 Å². The van der Waals surface area contributed by atoms with Gasteiger partial charge in [-0.1, -0.05) is 18.2 Å². The maximum atomic E-state index is 11.5. The molecule has 20 heavy (non-hydrogen) atoms. The van der Waals surface area contributed by atoms with Gasteiger partial charge in [0.25, 0.3) is 5.91 Å². The third-order valence-electron chi connectivity index (χ3n) is 2.42. The van der Waals surface area contributed by atoms with Gasteiger partial charge in [0.05, 0.1) is 0 Å². The number of benzene rings is 1. The van der Waals surface area contributed by atoms with Gasteiger partial charge in [-0.15, -0.1) is 0 Å². The van der Waals surface area contributed by atoms with Gasteiger partial charge in [-0.05, 0) is 34.2 Å². The second-order valence-electron chi connectivity index (χ2n) is 4.03. The van der Waals surface area contributed by atoms with Gasteiger partial charge < -0.3 is 15.2 Å². The number of carbonyl (C=O) groups is 3. The van der Waals surface area contributed by atoms with Crippen LogP contribution in [0.1, 0.15) is 12.5 Å². The molecule has 1 amide bonds. The second kappa shape index (κ2) is 7.83. The molecule has 7 heteroatoms. The number of carboxylic acids is 1. The van der Waals surface area contributed by atoms with E-state index < -0.39 is 30.5 Å². The smallest absolute Gasteiger partial charge is 0.326 e. The van der Waals surface area contributed by atoms with Crippen molar-refractivity contribution in [2.45, 2.75) is 19.4 Å². The molecule has 1 atom stereocenters. The van der Waals surface area contributed by atoms with Crippen molar-refractivity contribution in [3.63, 3.8) is 0 Å². The van der Waals surface area contributed by atoms with E-state index in [1.165, 1.54) is 6.92 Å². The van der Waals surface area contributed by atoms with Crippen LogP contribution in [-0.2, 0) is 25.5 Å². The highest BCUT2D eigenvalue weighted by Gasteiger charge is 2.21. The summed E-state index contributed by atoms with van der Waals surface area (Å²) in [4.78, 5) is 33.2. The molecule has 0 aliphatic rings. The lowest BCUT2D eigenvalue weighted by molar-refractivity contribution is -0.148. The van der Waals surface area contributed by atoms with Crippen molar-refractivity contribution in [2.24, 2.45) is 0 Å². The molecule has 0 heterocycles. The zero-order chi connectivity index (χ0) is 15.1. The Hall–Kier alpha value is -1.64. The van der Waals surface area contributed by atoms with Crippen LogP contribution in [0.4, 0.5) is 0 Å². The number of carbonyl (C=O) groups excluding carboxylic acids is 2. The Balaban J connectivity index is 2.66. The SMILES string of the molecule is CC(=O)OCC(=O)N[C@@H](Cc1ccccc1I)C(=O)O. The minimum atomic E-state index is -1.14. The van der Waals surface area contributed by atoms with Crippen LogP contribution in [0.25, 0.3) is 0 Å². The van der Waals surface area contributed by atoms with E-state index in [2.05, 4.69) is 32.6 Å². The van der Waals surface area contributed by atoms with E-state index >= 15 is 0 Å². The number of rotatable bonds is 6. The number of esters is 1. The molecule has 1 rings (SSSR count). The quantitative estimate of drug-likeness (QED) is 0.557. The lowest BCUT2D eigenvalue weighted by atomic mass is 10.1. The van der Waals surface area contributed by atoms with Gasteiger partial charge in [0.15, 0.2) is 6.61 Å². The molecule has 0 spiro atoms. The zero-order valence-electron chi connectivity index (χ0n) is 10.8. The first-order chi connectivity index (χ1) is 9.40. The summed E-state index contributed by atoms with van der Waals surface area (Å²) >= 11 is 2.10. The fraction of sp³-hybridized carbons (Fsp3) is 0.308. The van der Waals surface area contributed by atoms with Crippen LogP contribution in [0.5, 0.6) is 0 Å². The number of hydrogen-bond donors (Lipinski definition) is 2. The monoisotopic (exact) mass is 391 g/mol. The maximum Gasteiger partial charge on any atom is 0.326 e. The van der Waals surface area contributed by atoms with Gasteiger partial charge in [0.1, 0.15) is 6.04 Å². The highest BCUT2D eigenvalue weighted by Crippen LogP contribution is 2.13. The van der Waals surface area contributed by atoms with E-state index in [4.69, 9.17) is 5.11 Å². The van der Waals surface area contributed by atoms with Crippen molar-refractivity contribution in [2.75, 3.05) is 6.61 Å². The molecule has 0 saturated heterocycles. The van der Waals surface area contributed by atoms with Crippen molar-refractivity contribution < 1.29 is 24.2 Å². The summed E-state index contributed by atoms with van der Waals surface area (Å²) in [6.45, 7) is 0.694. The molecule has 108 valence electrons. The number of nitrogens with one attached hydrogen (secondary N) is 1. The maximum absolute atomic E-state index is 11.5. The first-order valence-corrected chi connectivity index (χ1v) is 6.87. The Morgan fingerprint density at radius 2 is 2.00 bits per heavy atom. The van der Waals surface area contributed by atoms with Gasteiger partial charge in [-0.25, -0.2) is 4.79 Å². The highest BCUT2D eigenvalue weighted by molar-refractivity contribution is 14.1. The van der Waals surface area contributed by atoms with E-state index in [0.717, 1.165) is 9.13 Å². The number of amides is 1. The summed E-state index contributed by atoms with van der Waals surface area (Å²) in [5.74, 6) is -2.37. The standard InChI is InChI=1S/C13H14INO5/c1-8(16)20-7-12(17)15-11(13(18)19)6-9-4-2-3-5-10(9)14/h2-5,11H,6-7H2,1H3,(H,15,17)(H,18,19)/t11-/m0/s1. The van der Waals surface area contributed by atoms with Crippen molar-refractivity contribution in [3.8, 4) is 0 Å². The van der Waals surface area contributed by atoms with Crippen LogP contribution >= 0.6 is 22.6 Å². The summed E-state index contributed by atoms with van der Waals surface area (Å²) in [7, 11) is 0. The summed E-state index contributed by atoms with van der Waals surface area (Å²) in [6.07, 6.45) is 0.167. The molecule has 0 radical (unpaired) electrons. The average Bonchev–Trinajstić information content (AvgIpc) is 2.38. The van der Waals surface area contributed by atoms with Gasteiger partial charge in [-0.3, -0.25) is 9.59 Å². The van der Waals surface area contributed by atoms with E-state index in [0.29, 0.717) is 0 Å². The summed E-state index contributed by atoms with van der Waals surface area (Å²) in [5.41, 5.74) is 0.827. The van der Waals surface area contributed by atoms with E-state index in [1.54, 1.807) is 12.1 Å². The third-order valence-corrected chi connectivity index (χ3v) is 3.47. The second-order valence-corrected chi connectivity index (χ2v) is 5.20. The molecule has 1 aromatic rings. The molecule has 1 aromatic carbocycles. The Morgan fingerprint density at radius 3 is 2.55 bits per heavy atom.